The van der Waals surface area contributed by atoms with Gasteiger partial charge in [-0.25, -0.2) is 0 Å². The third-order valence-electron chi connectivity index (χ3n) is 4.93. The van der Waals surface area contributed by atoms with Crippen molar-refractivity contribution in [3.05, 3.63) is 70.9 Å². The minimum absolute atomic E-state index is 0.0818. The van der Waals surface area contributed by atoms with E-state index in [1.807, 2.05) is 51.0 Å². The number of nitrogens with one attached hydrogen (secondary N) is 2. The molecule has 0 saturated heterocycles. The van der Waals surface area contributed by atoms with Crippen LogP contribution in [0.2, 0.25) is 0 Å². The molecule has 0 saturated carbocycles. The highest BCUT2D eigenvalue weighted by molar-refractivity contribution is 6.04. The van der Waals surface area contributed by atoms with E-state index in [1.54, 1.807) is 31.5 Å². The Morgan fingerprint density at radius 1 is 1.17 bits per heavy atom. The Morgan fingerprint density at radius 2 is 1.93 bits per heavy atom. The zero-order valence-electron chi connectivity index (χ0n) is 17.9. The summed E-state index contributed by atoms with van der Waals surface area (Å²) in [6.45, 7) is 4.10. The Kier molecular flexibility index (Phi) is 6.37. The first-order valence-electron chi connectivity index (χ1n) is 9.67. The average molecular weight is 409 g/mol. The molecule has 30 heavy (non-hydrogen) atoms. The van der Waals surface area contributed by atoms with E-state index in [1.165, 1.54) is 4.68 Å². The van der Waals surface area contributed by atoms with Gasteiger partial charge in [0.25, 0.3) is 11.8 Å². The predicted molar refractivity (Wildman–Crippen MR) is 115 cm³/mol. The van der Waals surface area contributed by atoms with Gasteiger partial charge in [-0.3, -0.25) is 19.2 Å². The lowest BCUT2D eigenvalue weighted by atomic mass is 10.1. The summed E-state index contributed by atoms with van der Waals surface area (Å²) in [6, 6.07) is 10.6. The van der Waals surface area contributed by atoms with Gasteiger partial charge < -0.3 is 15.1 Å². The highest BCUT2D eigenvalue weighted by Gasteiger charge is 2.19. The molecular formula is C22H27N5O3. The monoisotopic (exact) mass is 409 g/mol. The molecule has 1 atom stereocenters. The Labute approximate surface area is 175 Å². The number of aromatic nitrogens is 2. The first-order valence-corrected chi connectivity index (χ1v) is 9.67. The third kappa shape index (κ3) is 4.77. The number of hydrogen-bond acceptors (Lipinski definition) is 5. The van der Waals surface area contributed by atoms with Gasteiger partial charge >= 0.3 is 0 Å². The highest BCUT2D eigenvalue weighted by atomic mass is 16.3. The second kappa shape index (κ2) is 8.96. The molecule has 1 unspecified atom stereocenters. The molecule has 2 N–H and O–H groups in total. The second-order valence-corrected chi connectivity index (χ2v) is 7.48. The van der Waals surface area contributed by atoms with E-state index in [4.69, 9.17) is 4.42 Å². The number of nitrogens with zero attached hydrogens (tertiary/aromatic N) is 3. The summed E-state index contributed by atoms with van der Waals surface area (Å²) in [5.41, 5.74) is 3.13. The molecule has 3 aromatic rings. The number of hydrogen-bond donors (Lipinski definition) is 2. The van der Waals surface area contributed by atoms with Crippen LogP contribution in [0.5, 0.6) is 0 Å². The molecule has 0 aliphatic rings. The van der Waals surface area contributed by atoms with Crippen molar-refractivity contribution in [1.82, 2.24) is 20.0 Å². The average Bonchev–Trinajstić information content (AvgIpc) is 3.32. The first kappa shape index (κ1) is 21.3. The van der Waals surface area contributed by atoms with Crippen molar-refractivity contribution in [3.8, 4) is 0 Å². The topological polar surface area (TPSA) is 92.4 Å². The molecule has 2 aromatic heterocycles. The van der Waals surface area contributed by atoms with Crippen molar-refractivity contribution >= 4 is 17.5 Å². The Hall–Kier alpha value is -3.39. The highest BCUT2D eigenvalue weighted by Crippen LogP contribution is 2.20. The molecule has 0 aliphatic carbocycles. The van der Waals surface area contributed by atoms with Crippen LogP contribution in [-0.4, -0.2) is 47.1 Å². The van der Waals surface area contributed by atoms with Crippen molar-refractivity contribution in [1.29, 1.82) is 0 Å². The molecule has 0 bridgehead atoms. The molecule has 0 radical (unpaired) electrons. The number of amides is 2. The van der Waals surface area contributed by atoms with Crippen molar-refractivity contribution in [2.45, 2.75) is 19.9 Å². The summed E-state index contributed by atoms with van der Waals surface area (Å²) in [5, 5.41) is 10.0. The van der Waals surface area contributed by atoms with Crippen LogP contribution in [0, 0.1) is 13.8 Å². The van der Waals surface area contributed by atoms with Crippen LogP contribution in [0.4, 0.5) is 5.69 Å². The quantitative estimate of drug-likeness (QED) is 0.626. The molecular weight excluding hydrogens is 382 g/mol. The van der Waals surface area contributed by atoms with Gasteiger partial charge in [0.1, 0.15) is 11.5 Å². The maximum atomic E-state index is 12.7. The van der Waals surface area contributed by atoms with Crippen LogP contribution in [-0.2, 0) is 7.05 Å². The molecule has 158 valence electrons. The Bertz CT molecular complexity index is 1040. The standard InChI is InChI=1S/C22H27N5O3/c1-14-8-9-16(12-17(14)24-22(29)18-11-15(2)25-27(18)5)21(28)23-13-19(26(3)4)20-7-6-10-30-20/h6-12,19H,13H2,1-5H3,(H,23,28)(H,24,29). The summed E-state index contributed by atoms with van der Waals surface area (Å²) >= 11 is 0. The number of carbonyl (C=O) groups is 2. The van der Waals surface area contributed by atoms with Gasteiger partial charge in [-0.15, -0.1) is 0 Å². The number of aryl methyl sites for hydroxylation is 3. The number of anilines is 1. The van der Waals surface area contributed by atoms with Crippen LogP contribution in [0.1, 0.15) is 43.9 Å². The molecule has 0 aliphatic heterocycles. The number of likely N-dealkylation sites (N-methyl/N-ethyl adjacent to an activating group) is 1. The van der Waals surface area contributed by atoms with Gasteiger partial charge in [-0.05, 0) is 63.8 Å². The fourth-order valence-electron chi connectivity index (χ4n) is 3.22. The molecule has 8 nitrogen and oxygen atoms in total. The second-order valence-electron chi connectivity index (χ2n) is 7.48. The van der Waals surface area contributed by atoms with Gasteiger partial charge in [-0.1, -0.05) is 6.07 Å². The molecule has 1 aromatic carbocycles. The lowest BCUT2D eigenvalue weighted by Crippen LogP contribution is -2.34. The number of rotatable bonds is 7. The van der Waals surface area contributed by atoms with Gasteiger partial charge in [0.2, 0.25) is 0 Å². The number of carbonyl (C=O) groups excluding carboxylic acids is 2. The fraction of sp³-hybridized carbons (Fsp3) is 0.318. The van der Waals surface area contributed by atoms with Gasteiger partial charge in [0.05, 0.1) is 18.0 Å². The zero-order chi connectivity index (χ0) is 21.8. The van der Waals surface area contributed by atoms with E-state index in [-0.39, 0.29) is 17.9 Å². The van der Waals surface area contributed by atoms with Crippen LogP contribution in [0.3, 0.4) is 0 Å². The molecule has 8 heteroatoms. The first-order chi connectivity index (χ1) is 14.3. The van der Waals surface area contributed by atoms with Gasteiger partial charge in [0.15, 0.2) is 0 Å². The lowest BCUT2D eigenvalue weighted by Gasteiger charge is -2.22. The largest absolute Gasteiger partial charge is 0.468 e. The lowest BCUT2D eigenvalue weighted by molar-refractivity contribution is 0.0937. The smallest absolute Gasteiger partial charge is 0.273 e. The van der Waals surface area contributed by atoms with Crippen molar-refractivity contribution in [2.24, 2.45) is 7.05 Å². The number of benzene rings is 1. The summed E-state index contributed by atoms with van der Waals surface area (Å²) in [5.74, 6) is 0.285. The normalized spacial score (nSPS) is 12.1. The molecule has 0 spiro atoms. The minimum atomic E-state index is -0.274. The van der Waals surface area contributed by atoms with E-state index in [9.17, 15) is 9.59 Å². The van der Waals surface area contributed by atoms with Crippen LogP contribution < -0.4 is 10.6 Å². The molecule has 2 heterocycles. The Morgan fingerprint density at radius 3 is 2.53 bits per heavy atom. The third-order valence-corrected chi connectivity index (χ3v) is 4.93. The fourth-order valence-corrected chi connectivity index (χ4v) is 3.22. The van der Waals surface area contributed by atoms with E-state index in [2.05, 4.69) is 15.7 Å². The molecule has 0 fully saturated rings. The van der Waals surface area contributed by atoms with Crippen molar-refractivity contribution in [3.63, 3.8) is 0 Å². The van der Waals surface area contributed by atoms with Gasteiger partial charge in [0, 0.05) is 24.8 Å². The van der Waals surface area contributed by atoms with Crippen LogP contribution >= 0.6 is 0 Å². The van der Waals surface area contributed by atoms with E-state index in [0.717, 1.165) is 17.0 Å². The summed E-state index contributed by atoms with van der Waals surface area (Å²) in [4.78, 5) is 27.3. The SMILES string of the molecule is Cc1cc(C(=O)Nc2cc(C(=O)NCC(c3ccco3)N(C)C)ccc2C)n(C)n1. The van der Waals surface area contributed by atoms with E-state index in [0.29, 0.717) is 23.5 Å². The number of furan rings is 1. The minimum Gasteiger partial charge on any atom is -0.468 e. The van der Waals surface area contributed by atoms with Gasteiger partial charge in [-0.2, -0.15) is 5.10 Å². The van der Waals surface area contributed by atoms with Crippen molar-refractivity contribution < 1.29 is 14.0 Å². The van der Waals surface area contributed by atoms with E-state index < -0.39 is 0 Å². The maximum Gasteiger partial charge on any atom is 0.273 e. The van der Waals surface area contributed by atoms with E-state index >= 15 is 0 Å². The summed E-state index contributed by atoms with van der Waals surface area (Å²) < 4.78 is 7.01. The Balaban J connectivity index is 1.71. The summed E-state index contributed by atoms with van der Waals surface area (Å²) in [6.07, 6.45) is 1.62. The molecule has 3 rings (SSSR count). The zero-order valence-corrected chi connectivity index (χ0v) is 17.9. The van der Waals surface area contributed by atoms with Crippen LogP contribution in [0.25, 0.3) is 0 Å². The maximum absolute atomic E-state index is 12.7. The predicted octanol–water partition coefficient (Wildman–Crippen LogP) is 2.91. The summed E-state index contributed by atoms with van der Waals surface area (Å²) in [7, 11) is 5.58. The van der Waals surface area contributed by atoms with Crippen LogP contribution in [0.15, 0.2) is 47.1 Å². The van der Waals surface area contributed by atoms with Crippen molar-refractivity contribution in [2.75, 3.05) is 26.0 Å². The molecule has 2 amide bonds.